The molecular formula is C12H21N3O. The lowest BCUT2D eigenvalue weighted by molar-refractivity contribution is 0.102. The molecule has 1 saturated heterocycles. The van der Waals surface area contributed by atoms with Gasteiger partial charge in [-0.1, -0.05) is 6.42 Å². The number of ether oxygens (including phenoxy) is 1. The minimum Gasteiger partial charge on any atom is -0.373 e. The zero-order chi connectivity index (χ0) is 11.2. The highest BCUT2D eigenvalue weighted by atomic mass is 16.5. The van der Waals surface area contributed by atoms with Gasteiger partial charge in [0.25, 0.3) is 0 Å². The molecule has 1 aliphatic heterocycles. The Morgan fingerprint density at radius 3 is 3.19 bits per heavy atom. The van der Waals surface area contributed by atoms with Crippen molar-refractivity contribution in [3.63, 3.8) is 0 Å². The molecule has 0 spiro atoms. The van der Waals surface area contributed by atoms with E-state index < -0.39 is 0 Å². The molecule has 1 aromatic heterocycles. The van der Waals surface area contributed by atoms with Gasteiger partial charge in [0.05, 0.1) is 0 Å². The van der Waals surface area contributed by atoms with Crippen molar-refractivity contribution in [2.75, 3.05) is 13.2 Å². The van der Waals surface area contributed by atoms with Gasteiger partial charge >= 0.3 is 0 Å². The van der Waals surface area contributed by atoms with Gasteiger partial charge in [-0.2, -0.15) is 0 Å². The molecule has 1 unspecified atom stereocenters. The first-order chi connectivity index (χ1) is 7.86. The summed E-state index contributed by atoms with van der Waals surface area (Å²) in [6.07, 6.45) is 8.85. The maximum absolute atomic E-state index is 5.64. The van der Waals surface area contributed by atoms with Crippen LogP contribution in [0.3, 0.4) is 0 Å². The summed E-state index contributed by atoms with van der Waals surface area (Å²) in [5.41, 5.74) is 0. The highest BCUT2D eigenvalue weighted by molar-refractivity contribution is 4.88. The quantitative estimate of drug-likeness (QED) is 0.768. The van der Waals surface area contributed by atoms with Gasteiger partial charge in [-0.25, -0.2) is 4.98 Å². The molecule has 1 fully saturated rings. The van der Waals surface area contributed by atoms with Gasteiger partial charge in [0.15, 0.2) is 0 Å². The molecule has 1 aliphatic rings. The second-order valence-corrected chi connectivity index (χ2v) is 4.44. The molecule has 0 aromatic carbocycles. The van der Waals surface area contributed by atoms with E-state index in [4.69, 9.17) is 4.74 Å². The van der Waals surface area contributed by atoms with Crippen LogP contribution >= 0.6 is 0 Å². The molecule has 0 saturated carbocycles. The Bertz CT molecular complexity index is 305. The first-order valence-electron chi connectivity index (χ1n) is 6.13. The molecule has 2 heterocycles. The van der Waals surface area contributed by atoms with Crippen LogP contribution in [0.15, 0.2) is 12.4 Å². The molecular weight excluding hydrogens is 202 g/mol. The third-order valence-corrected chi connectivity index (χ3v) is 3.18. The molecule has 0 amide bonds. The van der Waals surface area contributed by atoms with Gasteiger partial charge in [0, 0.05) is 32.1 Å². The van der Waals surface area contributed by atoms with Gasteiger partial charge in [-0.05, 0) is 25.8 Å². The van der Waals surface area contributed by atoms with Crippen molar-refractivity contribution in [2.45, 2.75) is 38.3 Å². The van der Waals surface area contributed by atoms with E-state index in [9.17, 15) is 0 Å². The van der Waals surface area contributed by atoms with Crippen molar-refractivity contribution < 1.29 is 4.74 Å². The molecule has 1 N–H and O–H groups in total. The third kappa shape index (κ3) is 3.32. The number of nitrogens with one attached hydrogen (secondary N) is 1. The van der Waals surface area contributed by atoms with E-state index in [1.165, 1.54) is 25.8 Å². The van der Waals surface area contributed by atoms with E-state index in [0.717, 1.165) is 18.9 Å². The first-order valence-corrected chi connectivity index (χ1v) is 6.13. The Labute approximate surface area is 97.0 Å². The lowest BCUT2D eigenvalue weighted by Crippen LogP contribution is -2.34. The summed E-state index contributed by atoms with van der Waals surface area (Å²) >= 11 is 0. The van der Waals surface area contributed by atoms with Crippen LogP contribution in [0.4, 0.5) is 0 Å². The Balaban J connectivity index is 1.59. The third-order valence-electron chi connectivity index (χ3n) is 3.18. The van der Waals surface area contributed by atoms with Gasteiger partial charge in [-0.15, -0.1) is 0 Å². The van der Waals surface area contributed by atoms with E-state index in [0.29, 0.717) is 12.6 Å². The predicted octanol–water partition coefficient (Wildman–Crippen LogP) is 1.47. The maximum Gasteiger partial charge on any atom is 0.134 e. The van der Waals surface area contributed by atoms with E-state index in [1.807, 2.05) is 17.8 Å². The first kappa shape index (κ1) is 11.6. The lowest BCUT2D eigenvalue weighted by atomic mass is 10.0. The Kier molecular flexibility index (Phi) is 4.36. The molecule has 0 aliphatic carbocycles. The van der Waals surface area contributed by atoms with Crippen LogP contribution in [0.1, 0.15) is 31.5 Å². The smallest absolute Gasteiger partial charge is 0.134 e. The standard InChI is InChI=1S/C12H21N3O/c1-15-8-7-14-12(15)10-16-9-5-11-4-2-3-6-13-11/h7-8,11,13H,2-6,9-10H2,1H3. The summed E-state index contributed by atoms with van der Waals surface area (Å²) in [6, 6.07) is 0.662. The summed E-state index contributed by atoms with van der Waals surface area (Å²) < 4.78 is 7.64. The highest BCUT2D eigenvalue weighted by Gasteiger charge is 2.11. The summed E-state index contributed by atoms with van der Waals surface area (Å²) in [5.74, 6) is 0.997. The summed E-state index contributed by atoms with van der Waals surface area (Å²) in [4.78, 5) is 4.22. The number of aromatic nitrogens is 2. The van der Waals surface area contributed by atoms with Crippen LogP contribution < -0.4 is 5.32 Å². The van der Waals surface area contributed by atoms with Gasteiger partial charge in [0.2, 0.25) is 0 Å². The summed E-state index contributed by atoms with van der Waals surface area (Å²) in [7, 11) is 1.99. The van der Waals surface area contributed by atoms with Crippen LogP contribution in [0.5, 0.6) is 0 Å². The second kappa shape index (κ2) is 6.01. The van der Waals surface area contributed by atoms with Crippen molar-refractivity contribution in [1.82, 2.24) is 14.9 Å². The molecule has 0 bridgehead atoms. The largest absolute Gasteiger partial charge is 0.373 e. The van der Waals surface area contributed by atoms with Crippen LogP contribution in [0.2, 0.25) is 0 Å². The molecule has 4 nitrogen and oxygen atoms in total. The maximum atomic E-state index is 5.64. The Morgan fingerprint density at radius 2 is 2.50 bits per heavy atom. The predicted molar refractivity (Wildman–Crippen MR) is 63.1 cm³/mol. The Hall–Kier alpha value is -0.870. The number of aryl methyl sites for hydroxylation is 1. The number of hydrogen-bond acceptors (Lipinski definition) is 3. The zero-order valence-electron chi connectivity index (χ0n) is 9.98. The monoisotopic (exact) mass is 223 g/mol. The summed E-state index contributed by atoms with van der Waals surface area (Å²) in [5, 5.41) is 3.52. The molecule has 2 rings (SSSR count). The van der Waals surface area contributed by atoms with Crippen LogP contribution in [0.25, 0.3) is 0 Å². The van der Waals surface area contributed by atoms with Crippen molar-refractivity contribution >= 4 is 0 Å². The van der Waals surface area contributed by atoms with Crippen molar-refractivity contribution in [2.24, 2.45) is 7.05 Å². The molecule has 90 valence electrons. The SMILES string of the molecule is Cn1ccnc1COCCC1CCCCN1. The van der Waals surface area contributed by atoms with Crippen molar-refractivity contribution in [1.29, 1.82) is 0 Å². The average molecular weight is 223 g/mol. The van der Waals surface area contributed by atoms with Gasteiger partial charge in [-0.3, -0.25) is 0 Å². The molecule has 16 heavy (non-hydrogen) atoms. The zero-order valence-corrected chi connectivity index (χ0v) is 9.98. The lowest BCUT2D eigenvalue weighted by Gasteiger charge is -2.23. The van der Waals surface area contributed by atoms with Gasteiger partial charge < -0.3 is 14.6 Å². The van der Waals surface area contributed by atoms with Crippen LogP contribution in [0, 0.1) is 0 Å². The number of piperidine rings is 1. The second-order valence-electron chi connectivity index (χ2n) is 4.44. The van der Waals surface area contributed by atoms with E-state index >= 15 is 0 Å². The van der Waals surface area contributed by atoms with Crippen LogP contribution in [-0.4, -0.2) is 28.7 Å². The van der Waals surface area contributed by atoms with E-state index in [2.05, 4.69) is 10.3 Å². The molecule has 4 heteroatoms. The normalized spacial score (nSPS) is 21.2. The highest BCUT2D eigenvalue weighted by Crippen LogP contribution is 2.10. The topological polar surface area (TPSA) is 39.1 Å². The fourth-order valence-corrected chi connectivity index (χ4v) is 2.09. The van der Waals surface area contributed by atoms with E-state index in [1.54, 1.807) is 6.20 Å². The fraction of sp³-hybridized carbons (Fsp3) is 0.750. The number of hydrogen-bond donors (Lipinski definition) is 1. The molecule has 0 radical (unpaired) electrons. The van der Waals surface area contributed by atoms with Crippen molar-refractivity contribution in [3.05, 3.63) is 18.2 Å². The van der Waals surface area contributed by atoms with Crippen molar-refractivity contribution in [3.8, 4) is 0 Å². The Morgan fingerprint density at radius 1 is 1.56 bits per heavy atom. The fourth-order valence-electron chi connectivity index (χ4n) is 2.09. The van der Waals surface area contributed by atoms with E-state index in [-0.39, 0.29) is 0 Å². The molecule has 1 aromatic rings. The number of imidazole rings is 1. The summed E-state index contributed by atoms with van der Waals surface area (Å²) in [6.45, 7) is 2.62. The average Bonchev–Trinajstić information content (AvgIpc) is 2.72. The van der Waals surface area contributed by atoms with Gasteiger partial charge in [0.1, 0.15) is 12.4 Å². The number of nitrogens with zero attached hydrogens (tertiary/aromatic N) is 2. The molecule has 1 atom stereocenters. The minimum atomic E-state index is 0.621. The number of rotatable bonds is 5. The minimum absolute atomic E-state index is 0.621. The van der Waals surface area contributed by atoms with Crippen LogP contribution in [-0.2, 0) is 18.4 Å².